The molecular formula is C16H20ClNOS. The van der Waals surface area contributed by atoms with Gasteiger partial charge in [0.2, 0.25) is 0 Å². The predicted octanol–water partition coefficient (Wildman–Crippen LogP) is 4.50. The summed E-state index contributed by atoms with van der Waals surface area (Å²) in [7, 11) is 0. The van der Waals surface area contributed by atoms with Crippen LogP contribution in [0, 0.1) is 20.8 Å². The highest BCUT2D eigenvalue weighted by Crippen LogP contribution is 2.23. The summed E-state index contributed by atoms with van der Waals surface area (Å²) in [4.78, 5) is 1.25. The van der Waals surface area contributed by atoms with E-state index >= 15 is 0 Å². The van der Waals surface area contributed by atoms with Crippen molar-refractivity contribution in [3.05, 3.63) is 50.2 Å². The molecular weight excluding hydrogens is 290 g/mol. The lowest BCUT2D eigenvalue weighted by molar-refractivity contribution is 0.311. The van der Waals surface area contributed by atoms with Crippen LogP contribution in [0.4, 0.5) is 0 Å². The van der Waals surface area contributed by atoms with Crippen LogP contribution >= 0.6 is 22.9 Å². The van der Waals surface area contributed by atoms with E-state index in [1.165, 1.54) is 21.6 Å². The Morgan fingerprint density at radius 1 is 1.20 bits per heavy atom. The highest BCUT2D eigenvalue weighted by molar-refractivity contribution is 7.16. The number of halogens is 1. The van der Waals surface area contributed by atoms with Crippen LogP contribution in [0.5, 0.6) is 5.75 Å². The van der Waals surface area contributed by atoms with Crippen molar-refractivity contribution in [2.24, 2.45) is 0 Å². The Balaban J connectivity index is 1.76. The van der Waals surface area contributed by atoms with Crippen LogP contribution in [-0.4, -0.2) is 13.2 Å². The standard InChI is InChI=1S/C16H20ClNOS/c1-11-8-12(2)13(3)15(9-11)19-7-6-18-10-14-4-5-16(17)20-14/h4-5,8-9,18H,6-7,10H2,1-3H3. The molecule has 2 nitrogen and oxygen atoms in total. The van der Waals surface area contributed by atoms with Crippen molar-refractivity contribution >= 4 is 22.9 Å². The highest BCUT2D eigenvalue weighted by Gasteiger charge is 2.03. The minimum absolute atomic E-state index is 0.669. The minimum Gasteiger partial charge on any atom is -0.492 e. The summed E-state index contributed by atoms with van der Waals surface area (Å²) in [6, 6.07) is 8.26. The minimum atomic E-state index is 0.669. The van der Waals surface area contributed by atoms with Gasteiger partial charge in [0.1, 0.15) is 12.4 Å². The number of thiophene rings is 1. The zero-order chi connectivity index (χ0) is 14.5. The van der Waals surface area contributed by atoms with E-state index in [1.54, 1.807) is 11.3 Å². The first kappa shape index (κ1) is 15.4. The Morgan fingerprint density at radius 2 is 2.00 bits per heavy atom. The van der Waals surface area contributed by atoms with Gasteiger partial charge in [-0.25, -0.2) is 0 Å². The van der Waals surface area contributed by atoms with E-state index in [9.17, 15) is 0 Å². The lowest BCUT2D eigenvalue weighted by Gasteiger charge is -2.12. The number of hydrogen-bond donors (Lipinski definition) is 1. The van der Waals surface area contributed by atoms with Crippen LogP contribution in [-0.2, 0) is 6.54 Å². The fourth-order valence-corrected chi connectivity index (χ4v) is 3.10. The summed E-state index contributed by atoms with van der Waals surface area (Å²) in [5, 5.41) is 3.36. The molecule has 0 spiro atoms. The molecule has 2 rings (SSSR count). The van der Waals surface area contributed by atoms with E-state index in [0.717, 1.165) is 23.2 Å². The largest absolute Gasteiger partial charge is 0.492 e. The van der Waals surface area contributed by atoms with Gasteiger partial charge < -0.3 is 10.1 Å². The molecule has 1 aromatic heterocycles. The maximum Gasteiger partial charge on any atom is 0.122 e. The van der Waals surface area contributed by atoms with Gasteiger partial charge in [0.15, 0.2) is 0 Å². The Hall–Kier alpha value is -1.03. The molecule has 0 aliphatic carbocycles. The van der Waals surface area contributed by atoms with E-state index in [1.807, 2.05) is 6.07 Å². The quantitative estimate of drug-likeness (QED) is 0.794. The molecule has 1 aromatic carbocycles. The molecule has 0 aliphatic rings. The summed E-state index contributed by atoms with van der Waals surface area (Å²) < 4.78 is 6.69. The molecule has 0 aliphatic heterocycles. The molecule has 0 unspecified atom stereocenters. The zero-order valence-electron chi connectivity index (χ0n) is 12.1. The summed E-state index contributed by atoms with van der Waals surface area (Å²) >= 11 is 7.50. The molecule has 0 atom stereocenters. The SMILES string of the molecule is Cc1cc(C)c(C)c(OCCNCc2ccc(Cl)s2)c1. The van der Waals surface area contributed by atoms with E-state index in [0.29, 0.717) is 6.61 Å². The summed E-state index contributed by atoms with van der Waals surface area (Å²) in [5.74, 6) is 0.989. The second-order valence-electron chi connectivity index (χ2n) is 4.94. The van der Waals surface area contributed by atoms with Crippen molar-refractivity contribution < 1.29 is 4.74 Å². The Kier molecular flexibility index (Phi) is 5.46. The second-order valence-corrected chi connectivity index (χ2v) is 6.74. The van der Waals surface area contributed by atoms with Crippen LogP contribution in [0.25, 0.3) is 0 Å². The fourth-order valence-electron chi connectivity index (χ4n) is 2.04. The van der Waals surface area contributed by atoms with Crippen LogP contribution in [0.2, 0.25) is 4.34 Å². The first-order valence-corrected chi connectivity index (χ1v) is 7.91. The van der Waals surface area contributed by atoms with Gasteiger partial charge in [0.05, 0.1) is 4.34 Å². The maximum atomic E-state index is 5.89. The highest BCUT2D eigenvalue weighted by atomic mass is 35.5. The van der Waals surface area contributed by atoms with Crippen LogP contribution < -0.4 is 10.1 Å². The molecule has 108 valence electrons. The maximum absolute atomic E-state index is 5.89. The molecule has 1 heterocycles. The van der Waals surface area contributed by atoms with Crippen LogP contribution in [0.1, 0.15) is 21.6 Å². The average molecular weight is 310 g/mol. The topological polar surface area (TPSA) is 21.3 Å². The summed E-state index contributed by atoms with van der Waals surface area (Å²) in [6.45, 7) is 8.65. The normalized spacial score (nSPS) is 10.8. The third-order valence-electron chi connectivity index (χ3n) is 3.23. The third kappa shape index (κ3) is 4.23. The predicted molar refractivity (Wildman–Crippen MR) is 87.2 cm³/mol. The van der Waals surface area contributed by atoms with Crippen LogP contribution in [0.15, 0.2) is 24.3 Å². The van der Waals surface area contributed by atoms with Gasteiger partial charge in [-0.3, -0.25) is 0 Å². The summed E-state index contributed by atoms with van der Waals surface area (Å²) in [6.07, 6.45) is 0. The van der Waals surface area contributed by atoms with Gasteiger partial charge in [-0.1, -0.05) is 17.7 Å². The number of benzene rings is 1. The number of rotatable bonds is 6. The molecule has 0 bridgehead atoms. The van der Waals surface area contributed by atoms with Gasteiger partial charge in [0, 0.05) is 18.0 Å². The lowest BCUT2D eigenvalue weighted by Crippen LogP contribution is -2.20. The first-order valence-electron chi connectivity index (χ1n) is 6.72. The lowest BCUT2D eigenvalue weighted by atomic mass is 10.1. The number of hydrogen-bond acceptors (Lipinski definition) is 3. The Labute approximate surface area is 129 Å². The Morgan fingerprint density at radius 3 is 2.70 bits per heavy atom. The number of nitrogens with one attached hydrogen (secondary N) is 1. The average Bonchev–Trinajstić information content (AvgIpc) is 2.80. The van der Waals surface area contributed by atoms with E-state index in [4.69, 9.17) is 16.3 Å². The molecule has 0 saturated heterocycles. The number of aryl methyl sites for hydroxylation is 2. The monoisotopic (exact) mass is 309 g/mol. The molecule has 20 heavy (non-hydrogen) atoms. The molecule has 0 amide bonds. The molecule has 0 fully saturated rings. The molecule has 4 heteroatoms. The van der Waals surface area contributed by atoms with Gasteiger partial charge in [0.25, 0.3) is 0 Å². The summed E-state index contributed by atoms with van der Waals surface area (Å²) in [5.41, 5.74) is 3.74. The van der Waals surface area contributed by atoms with Crippen LogP contribution in [0.3, 0.4) is 0 Å². The van der Waals surface area contributed by atoms with Crippen molar-refractivity contribution in [3.63, 3.8) is 0 Å². The number of ether oxygens (including phenoxy) is 1. The Bertz CT molecular complexity index is 580. The van der Waals surface area contributed by atoms with Crippen molar-refractivity contribution in [1.29, 1.82) is 0 Å². The fraction of sp³-hybridized carbons (Fsp3) is 0.375. The van der Waals surface area contributed by atoms with Crippen molar-refractivity contribution in [2.75, 3.05) is 13.2 Å². The van der Waals surface area contributed by atoms with Crippen molar-refractivity contribution in [2.45, 2.75) is 27.3 Å². The van der Waals surface area contributed by atoms with Gasteiger partial charge >= 0.3 is 0 Å². The van der Waals surface area contributed by atoms with Gasteiger partial charge in [-0.15, -0.1) is 11.3 Å². The molecule has 0 radical (unpaired) electrons. The van der Waals surface area contributed by atoms with Crippen molar-refractivity contribution in [3.8, 4) is 5.75 Å². The van der Waals surface area contributed by atoms with E-state index in [2.05, 4.69) is 44.3 Å². The van der Waals surface area contributed by atoms with Gasteiger partial charge in [-0.05, 0) is 55.7 Å². The third-order valence-corrected chi connectivity index (χ3v) is 4.46. The first-order chi connectivity index (χ1) is 9.56. The van der Waals surface area contributed by atoms with Crippen molar-refractivity contribution in [1.82, 2.24) is 5.32 Å². The molecule has 2 aromatic rings. The zero-order valence-corrected chi connectivity index (χ0v) is 13.7. The molecule has 1 N–H and O–H groups in total. The second kappa shape index (κ2) is 7.11. The molecule has 0 saturated carbocycles. The smallest absolute Gasteiger partial charge is 0.122 e. The van der Waals surface area contributed by atoms with E-state index < -0.39 is 0 Å². The van der Waals surface area contributed by atoms with E-state index in [-0.39, 0.29) is 0 Å². The van der Waals surface area contributed by atoms with Gasteiger partial charge in [-0.2, -0.15) is 0 Å².